The molecule has 74 valence electrons. The van der Waals surface area contributed by atoms with Gasteiger partial charge in [0.15, 0.2) is 0 Å². The average Bonchev–Trinajstić information content (AvgIpc) is 2.09. The van der Waals surface area contributed by atoms with Crippen LogP contribution in [0.3, 0.4) is 0 Å². The molecule has 1 nitrogen and oxygen atoms in total. The molecule has 2 heteroatoms. The zero-order valence-electron chi connectivity index (χ0n) is 8.51. The fraction of sp³-hybridized carbons (Fsp3) is 0.909. The summed E-state index contributed by atoms with van der Waals surface area (Å²) in [5.41, 5.74) is -0.0178. The Kier molecular flexibility index (Phi) is 2.10. The van der Waals surface area contributed by atoms with Crippen molar-refractivity contribution in [3.05, 3.63) is 0 Å². The van der Waals surface area contributed by atoms with E-state index in [1.807, 2.05) is 0 Å². The summed E-state index contributed by atoms with van der Waals surface area (Å²) in [7, 11) is 0. The van der Waals surface area contributed by atoms with Crippen LogP contribution in [0, 0.1) is 23.2 Å². The third-order valence-corrected chi connectivity index (χ3v) is 5.68. The van der Waals surface area contributed by atoms with Crippen molar-refractivity contribution in [3.63, 3.8) is 0 Å². The molecule has 0 aliphatic heterocycles. The van der Waals surface area contributed by atoms with Gasteiger partial charge in [0.05, 0.1) is 0 Å². The van der Waals surface area contributed by atoms with Crippen LogP contribution in [0.5, 0.6) is 0 Å². The van der Waals surface area contributed by atoms with E-state index in [-0.39, 0.29) is 5.41 Å². The van der Waals surface area contributed by atoms with Crippen molar-refractivity contribution in [1.29, 1.82) is 0 Å². The van der Waals surface area contributed by atoms with Crippen LogP contribution in [0.15, 0.2) is 0 Å². The number of halogens is 1. The van der Waals surface area contributed by atoms with Gasteiger partial charge in [0, 0.05) is 16.2 Å². The number of carbonyl (C=O) groups is 1. The van der Waals surface area contributed by atoms with Gasteiger partial charge in [-0.3, -0.25) is 4.79 Å². The summed E-state index contributed by atoms with van der Waals surface area (Å²) in [5, 5.41) is 0. The Labute approximate surface area is 88.4 Å². The predicted molar refractivity (Wildman–Crippen MR) is 56.9 cm³/mol. The van der Waals surface area contributed by atoms with Crippen molar-refractivity contribution < 1.29 is 4.79 Å². The lowest BCUT2D eigenvalue weighted by atomic mass is 9.49. The van der Waals surface area contributed by atoms with E-state index in [4.69, 9.17) is 0 Å². The highest BCUT2D eigenvalue weighted by molar-refractivity contribution is 9.09. The molecule has 0 heterocycles. The molecule has 2 bridgehead atoms. The third-order valence-electron chi connectivity index (χ3n) is 4.10. The fourth-order valence-corrected chi connectivity index (χ4v) is 4.10. The third kappa shape index (κ3) is 1.07. The Morgan fingerprint density at radius 3 is 2.54 bits per heavy atom. The topological polar surface area (TPSA) is 17.1 Å². The lowest BCUT2D eigenvalue weighted by Crippen LogP contribution is -2.64. The van der Waals surface area contributed by atoms with Crippen molar-refractivity contribution in [2.45, 2.75) is 38.4 Å². The van der Waals surface area contributed by atoms with Gasteiger partial charge in [-0.25, -0.2) is 0 Å². The van der Waals surface area contributed by atoms with E-state index in [1.165, 1.54) is 6.42 Å². The Bertz CT molecular complexity index is 248. The molecule has 0 N–H and O–H groups in total. The van der Waals surface area contributed by atoms with E-state index in [2.05, 4.69) is 36.7 Å². The first kappa shape index (κ1) is 9.70. The van der Waals surface area contributed by atoms with Gasteiger partial charge in [0.25, 0.3) is 0 Å². The summed E-state index contributed by atoms with van der Waals surface area (Å²) in [5.74, 6) is 2.11. The molecule has 4 atom stereocenters. The van der Waals surface area contributed by atoms with Gasteiger partial charge in [-0.2, -0.15) is 0 Å². The SMILES string of the molecule is CC(C)[C@@H]1CC[C@@]2(C)C(=O)[C@@H]1C2Br. The van der Waals surface area contributed by atoms with Crippen LogP contribution in [0.2, 0.25) is 0 Å². The number of ketones is 1. The molecule has 0 aromatic rings. The quantitative estimate of drug-likeness (QED) is 0.649. The highest BCUT2D eigenvalue weighted by Gasteiger charge is 2.63. The minimum atomic E-state index is -0.0178. The summed E-state index contributed by atoms with van der Waals surface area (Å²) in [6.07, 6.45) is 2.33. The number of Topliss-reactive ketones (excluding diaryl/α,β-unsaturated/α-hetero) is 1. The maximum atomic E-state index is 11.9. The van der Waals surface area contributed by atoms with Gasteiger partial charge in [0.2, 0.25) is 0 Å². The molecule has 3 saturated carbocycles. The summed E-state index contributed by atoms with van der Waals surface area (Å²) in [6.45, 7) is 6.58. The maximum absolute atomic E-state index is 11.9. The summed E-state index contributed by atoms with van der Waals surface area (Å²) in [4.78, 5) is 12.3. The van der Waals surface area contributed by atoms with Gasteiger partial charge < -0.3 is 0 Å². The van der Waals surface area contributed by atoms with Crippen molar-refractivity contribution in [2.24, 2.45) is 23.2 Å². The van der Waals surface area contributed by atoms with Crippen molar-refractivity contribution in [1.82, 2.24) is 0 Å². The number of alkyl halides is 1. The van der Waals surface area contributed by atoms with E-state index in [9.17, 15) is 4.79 Å². The van der Waals surface area contributed by atoms with Gasteiger partial charge in [0.1, 0.15) is 5.78 Å². The number of carbonyl (C=O) groups excluding carboxylic acids is 1. The van der Waals surface area contributed by atoms with E-state index in [0.29, 0.717) is 28.4 Å². The van der Waals surface area contributed by atoms with E-state index >= 15 is 0 Å². The maximum Gasteiger partial charge on any atom is 0.144 e. The summed E-state index contributed by atoms with van der Waals surface area (Å²) >= 11 is 3.69. The van der Waals surface area contributed by atoms with Crippen molar-refractivity contribution in [3.8, 4) is 0 Å². The molecule has 1 unspecified atom stereocenters. The predicted octanol–water partition coefficient (Wildman–Crippen LogP) is 3.02. The summed E-state index contributed by atoms with van der Waals surface area (Å²) < 4.78 is 0. The second kappa shape index (κ2) is 2.82. The number of hydrogen-bond acceptors (Lipinski definition) is 1. The minimum absolute atomic E-state index is 0.0178. The first-order chi connectivity index (χ1) is 5.98. The van der Waals surface area contributed by atoms with Gasteiger partial charge in [-0.05, 0) is 24.7 Å². The molecule has 13 heavy (non-hydrogen) atoms. The molecule has 0 spiro atoms. The number of fused-ring (bicyclic) bond motifs is 2. The van der Waals surface area contributed by atoms with E-state index < -0.39 is 0 Å². The van der Waals surface area contributed by atoms with Crippen LogP contribution >= 0.6 is 15.9 Å². The highest BCUT2D eigenvalue weighted by atomic mass is 79.9. The van der Waals surface area contributed by atoms with Gasteiger partial charge in [-0.15, -0.1) is 0 Å². The molecule has 3 aliphatic rings. The normalized spacial score (nSPS) is 49.3. The molecule has 3 rings (SSSR count). The lowest BCUT2D eigenvalue weighted by molar-refractivity contribution is -0.155. The monoisotopic (exact) mass is 244 g/mol. The van der Waals surface area contributed by atoms with Gasteiger partial charge >= 0.3 is 0 Å². The van der Waals surface area contributed by atoms with Crippen LogP contribution in [-0.2, 0) is 4.79 Å². The van der Waals surface area contributed by atoms with Crippen LogP contribution in [-0.4, -0.2) is 10.6 Å². The minimum Gasteiger partial charge on any atom is -0.299 e. The van der Waals surface area contributed by atoms with E-state index in [0.717, 1.165) is 6.42 Å². The fourth-order valence-electron chi connectivity index (χ4n) is 3.02. The Hall–Kier alpha value is 0.150. The van der Waals surface area contributed by atoms with Crippen LogP contribution in [0.1, 0.15) is 33.6 Å². The Morgan fingerprint density at radius 1 is 1.54 bits per heavy atom. The van der Waals surface area contributed by atoms with Crippen LogP contribution in [0.4, 0.5) is 0 Å². The largest absolute Gasteiger partial charge is 0.299 e. The zero-order valence-corrected chi connectivity index (χ0v) is 10.1. The zero-order chi connectivity index (χ0) is 9.80. The molecule has 0 radical (unpaired) electrons. The summed E-state index contributed by atoms with van der Waals surface area (Å²) in [6, 6.07) is 0. The van der Waals surface area contributed by atoms with Crippen molar-refractivity contribution in [2.75, 3.05) is 0 Å². The molecule has 0 aromatic heterocycles. The molecule has 0 aromatic carbocycles. The molecule has 3 fully saturated rings. The average molecular weight is 245 g/mol. The van der Waals surface area contributed by atoms with Crippen LogP contribution in [0.25, 0.3) is 0 Å². The molecule has 0 saturated heterocycles. The van der Waals surface area contributed by atoms with E-state index in [1.54, 1.807) is 0 Å². The van der Waals surface area contributed by atoms with Crippen molar-refractivity contribution >= 4 is 21.7 Å². The molecule has 0 amide bonds. The lowest BCUT2D eigenvalue weighted by Gasteiger charge is -2.57. The molecular weight excluding hydrogens is 228 g/mol. The number of rotatable bonds is 1. The first-order valence-electron chi connectivity index (χ1n) is 5.17. The Morgan fingerprint density at radius 2 is 2.15 bits per heavy atom. The molecular formula is C11H17BrO. The number of hydrogen-bond donors (Lipinski definition) is 0. The second-order valence-corrected chi connectivity index (χ2v) is 6.14. The second-order valence-electron chi connectivity index (χ2n) is 5.16. The van der Waals surface area contributed by atoms with Crippen LogP contribution < -0.4 is 0 Å². The smallest absolute Gasteiger partial charge is 0.144 e. The van der Waals surface area contributed by atoms with Gasteiger partial charge in [-0.1, -0.05) is 36.7 Å². The first-order valence-corrected chi connectivity index (χ1v) is 6.08. The Balaban J connectivity index is 2.21. The standard InChI is InChI=1S/C11H17BrO/c1-6(2)7-4-5-11(3)9(12)8(7)10(11)13/h6-9H,4-5H2,1-3H3/t7-,8-,9?,11+/m0/s1. The highest BCUT2D eigenvalue weighted by Crippen LogP contribution is 2.59. The molecule has 3 aliphatic carbocycles.